The molecule has 37 heavy (non-hydrogen) atoms. The highest BCUT2D eigenvalue weighted by Crippen LogP contribution is 2.40. The Hall–Kier alpha value is -4.18. The number of morpholine rings is 1. The van der Waals surface area contributed by atoms with Crippen molar-refractivity contribution in [1.82, 2.24) is 24.1 Å². The normalized spacial score (nSPS) is 16.9. The third-order valence-corrected chi connectivity index (χ3v) is 7.12. The summed E-state index contributed by atoms with van der Waals surface area (Å²) in [6, 6.07) is 7.54. The first-order chi connectivity index (χ1) is 18.2. The third-order valence-electron chi connectivity index (χ3n) is 7.12. The van der Waals surface area contributed by atoms with E-state index in [0.717, 1.165) is 41.5 Å². The van der Waals surface area contributed by atoms with E-state index in [1.807, 2.05) is 41.4 Å². The van der Waals surface area contributed by atoms with Crippen LogP contribution in [0.1, 0.15) is 34.9 Å². The van der Waals surface area contributed by atoms with E-state index in [-0.39, 0.29) is 5.91 Å². The van der Waals surface area contributed by atoms with Crippen molar-refractivity contribution in [2.24, 2.45) is 0 Å². The van der Waals surface area contributed by atoms with Crippen molar-refractivity contribution in [3.05, 3.63) is 66.8 Å². The summed E-state index contributed by atoms with van der Waals surface area (Å²) >= 11 is 0. The summed E-state index contributed by atoms with van der Waals surface area (Å²) in [4.78, 5) is 29.4. The van der Waals surface area contributed by atoms with Crippen molar-refractivity contribution in [3.63, 3.8) is 0 Å². The van der Waals surface area contributed by atoms with Crippen LogP contribution in [0.4, 0.5) is 11.4 Å². The van der Waals surface area contributed by atoms with Gasteiger partial charge in [-0.15, -0.1) is 0 Å². The van der Waals surface area contributed by atoms with E-state index in [2.05, 4.69) is 35.9 Å². The molecule has 0 atom stereocenters. The van der Waals surface area contributed by atoms with Gasteiger partial charge in [0.2, 0.25) is 0 Å². The topological polar surface area (TPSA) is 99.3 Å². The summed E-state index contributed by atoms with van der Waals surface area (Å²) in [5, 5.41) is 3.03. The number of amides is 1. The standard InChI is InChI=1S/C27H27N7O3/c35-27(31-20-3-1-2-19-25(20)37-13-10-33-7-6-28-26(19)33)21-14-23(34-16-22(30-17-34)18-4-5-18)24(15-29-21)32-8-11-36-12-9-32/h1-3,6-7,14-18H,4-5,8-13H2,(H,31,35). The molecule has 1 saturated carbocycles. The third kappa shape index (κ3) is 4.13. The van der Waals surface area contributed by atoms with Crippen LogP contribution in [-0.4, -0.2) is 62.9 Å². The summed E-state index contributed by atoms with van der Waals surface area (Å²) < 4.78 is 15.7. The zero-order chi connectivity index (χ0) is 24.8. The number of benzene rings is 1. The maximum atomic E-state index is 13.5. The van der Waals surface area contributed by atoms with E-state index < -0.39 is 0 Å². The summed E-state index contributed by atoms with van der Waals surface area (Å²) in [5.74, 6) is 1.68. The molecule has 1 aromatic carbocycles. The fourth-order valence-electron chi connectivity index (χ4n) is 5.01. The second kappa shape index (κ2) is 9.04. The lowest BCUT2D eigenvalue weighted by Gasteiger charge is -2.30. The van der Waals surface area contributed by atoms with Gasteiger partial charge in [0, 0.05) is 37.6 Å². The fourth-order valence-corrected chi connectivity index (χ4v) is 5.01. The Morgan fingerprint density at radius 1 is 1.03 bits per heavy atom. The van der Waals surface area contributed by atoms with Gasteiger partial charge in [0.1, 0.15) is 18.1 Å². The van der Waals surface area contributed by atoms with Crippen molar-refractivity contribution in [1.29, 1.82) is 0 Å². The molecule has 1 amide bonds. The zero-order valence-electron chi connectivity index (χ0n) is 20.3. The summed E-state index contributed by atoms with van der Waals surface area (Å²) in [5.41, 5.74) is 4.70. The number of pyridine rings is 1. The van der Waals surface area contributed by atoms with E-state index in [1.165, 1.54) is 12.8 Å². The Balaban J connectivity index is 1.23. The zero-order valence-corrected chi connectivity index (χ0v) is 20.3. The highest BCUT2D eigenvalue weighted by molar-refractivity contribution is 6.05. The molecule has 3 aromatic heterocycles. The average Bonchev–Trinajstić information content (AvgIpc) is 3.54. The van der Waals surface area contributed by atoms with E-state index in [4.69, 9.17) is 9.47 Å². The molecule has 2 aliphatic heterocycles. The van der Waals surface area contributed by atoms with Gasteiger partial charge in [-0.3, -0.25) is 4.79 Å². The van der Waals surface area contributed by atoms with E-state index in [1.54, 1.807) is 12.4 Å². The largest absolute Gasteiger partial charge is 0.489 e. The molecule has 4 aromatic rings. The van der Waals surface area contributed by atoms with Gasteiger partial charge >= 0.3 is 0 Å². The van der Waals surface area contributed by atoms with Gasteiger partial charge in [-0.05, 0) is 31.0 Å². The van der Waals surface area contributed by atoms with Gasteiger partial charge < -0.3 is 28.8 Å². The number of carbonyl (C=O) groups is 1. The molecular weight excluding hydrogens is 470 g/mol. The molecule has 1 aliphatic carbocycles. The Morgan fingerprint density at radius 2 is 1.92 bits per heavy atom. The molecule has 1 N–H and O–H groups in total. The molecule has 0 unspecified atom stereocenters. The molecule has 10 nitrogen and oxygen atoms in total. The fraction of sp³-hybridized carbons (Fsp3) is 0.333. The quantitative estimate of drug-likeness (QED) is 0.451. The van der Waals surface area contributed by atoms with Gasteiger partial charge in [0.25, 0.3) is 5.91 Å². The maximum absolute atomic E-state index is 13.5. The number of nitrogens with one attached hydrogen (secondary N) is 1. The van der Waals surface area contributed by atoms with Gasteiger partial charge in [-0.25, -0.2) is 15.0 Å². The van der Waals surface area contributed by atoms with Crippen molar-refractivity contribution in [2.75, 3.05) is 43.1 Å². The van der Waals surface area contributed by atoms with Crippen molar-refractivity contribution < 1.29 is 14.3 Å². The number of ether oxygens (including phenoxy) is 2. The van der Waals surface area contributed by atoms with E-state index in [9.17, 15) is 4.79 Å². The lowest BCUT2D eigenvalue weighted by atomic mass is 10.1. The molecule has 7 rings (SSSR count). The van der Waals surface area contributed by atoms with Crippen LogP contribution in [-0.2, 0) is 11.3 Å². The average molecular weight is 498 g/mol. The highest BCUT2D eigenvalue weighted by Gasteiger charge is 2.27. The number of anilines is 2. The van der Waals surface area contributed by atoms with Crippen molar-refractivity contribution >= 4 is 17.3 Å². The van der Waals surface area contributed by atoms with Crippen LogP contribution in [0.2, 0.25) is 0 Å². The van der Waals surface area contributed by atoms with Crippen LogP contribution in [0, 0.1) is 0 Å². The molecule has 0 spiro atoms. The Kier molecular flexibility index (Phi) is 5.39. The molecule has 3 aliphatic rings. The Morgan fingerprint density at radius 3 is 2.78 bits per heavy atom. The van der Waals surface area contributed by atoms with Crippen LogP contribution >= 0.6 is 0 Å². The number of imidazole rings is 2. The SMILES string of the molecule is O=C(Nc1cccc2c1OCCn1ccnc1-2)c1cc(-n2cnc(C3CC3)c2)c(N2CCOCC2)cn1. The van der Waals surface area contributed by atoms with Crippen molar-refractivity contribution in [2.45, 2.75) is 25.3 Å². The molecule has 0 bridgehead atoms. The molecule has 2 fully saturated rings. The minimum absolute atomic E-state index is 0.304. The molecule has 1 saturated heterocycles. The number of hydrogen-bond donors (Lipinski definition) is 1. The number of carbonyl (C=O) groups excluding carboxylic acids is 1. The first-order valence-corrected chi connectivity index (χ1v) is 12.7. The maximum Gasteiger partial charge on any atom is 0.274 e. The Bertz CT molecular complexity index is 1470. The molecular formula is C27H27N7O3. The van der Waals surface area contributed by atoms with E-state index in [0.29, 0.717) is 49.4 Å². The van der Waals surface area contributed by atoms with Crippen LogP contribution in [0.3, 0.4) is 0 Å². The summed E-state index contributed by atoms with van der Waals surface area (Å²) in [6.07, 6.45) is 11.8. The molecule has 10 heteroatoms. The van der Waals surface area contributed by atoms with Gasteiger partial charge in [-0.1, -0.05) is 6.07 Å². The van der Waals surface area contributed by atoms with Crippen LogP contribution in [0.25, 0.3) is 17.1 Å². The number of hydrogen-bond acceptors (Lipinski definition) is 7. The second-order valence-electron chi connectivity index (χ2n) is 9.57. The van der Waals surface area contributed by atoms with Gasteiger partial charge in [-0.2, -0.15) is 0 Å². The van der Waals surface area contributed by atoms with Crippen molar-refractivity contribution in [3.8, 4) is 22.8 Å². The highest BCUT2D eigenvalue weighted by atomic mass is 16.5. The monoisotopic (exact) mass is 497 g/mol. The minimum Gasteiger partial charge on any atom is -0.489 e. The number of para-hydroxylation sites is 1. The van der Waals surface area contributed by atoms with Crippen LogP contribution in [0.5, 0.6) is 5.75 Å². The smallest absolute Gasteiger partial charge is 0.274 e. The number of nitrogens with zero attached hydrogens (tertiary/aromatic N) is 6. The first kappa shape index (κ1) is 22.1. The lowest BCUT2D eigenvalue weighted by Crippen LogP contribution is -2.37. The van der Waals surface area contributed by atoms with Gasteiger partial charge in [0.15, 0.2) is 5.75 Å². The predicted octanol–water partition coefficient (Wildman–Crippen LogP) is 3.49. The lowest BCUT2D eigenvalue weighted by molar-refractivity contribution is 0.102. The number of rotatable bonds is 5. The molecule has 5 heterocycles. The Labute approximate surface area is 213 Å². The molecule has 188 valence electrons. The summed E-state index contributed by atoms with van der Waals surface area (Å²) in [7, 11) is 0. The number of aromatic nitrogens is 5. The number of fused-ring (bicyclic) bond motifs is 3. The summed E-state index contributed by atoms with van der Waals surface area (Å²) in [6.45, 7) is 4.05. The molecule has 0 radical (unpaired) electrons. The minimum atomic E-state index is -0.304. The second-order valence-corrected chi connectivity index (χ2v) is 9.57. The van der Waals surface area contributed by atoms with Crippen LogP contribution in [0.15, 0.2) is 55.4 Å². The van der Waals surface area contributed by atoms with Gasteiger partial charge in [0.05, 0.1) is 60.6 Å². The predicted molar refractivity (Wildman–Crippen MR) is 137 cm³/mol. The first-order valence-electron chi connectivity index (χ1n) is 12.7. The van der Waals surface area contributed by atoms with E-state index >= 15 is 0 Å². The van der Waals surface area contributed by atoms with Crippen LogP contribution < -0.4 is 15.0 Å².